The number of hydrogen-bond donors (Lipinski definition) is 3. The Morgan fingerprint density at radius 1 is 1.18 bits per heavy atom. The van der Waals surface area contributed by atoms with Gasteiger partial charge in [-0.25, -0.2) is 4.39 Å². The van der Waals surface area contributed by atoms with Crippen molar-refractivity contribution in [1.29, 1.82) is 0 Å². The minimum absolute atomic E-state index is 0.0152. The van der Waals surface area contributed by atoms with Crippen LogP contribution < -0.4 is 10.1 Å². The standard InChI is InChI=1S/C31H35FN2O4/c1-17-13-20(38-12-11-31(3,4)37)14-18(2)28(17)21-6-8-25(32)29-22(21)7-10-27(29)34-19-5-9-26(33-16-19)23-15-24(23)30(35)36/h5-6,8-9,13-14,16,23-24,27,34,37H,7,10-12,15H2,1-4H3,(H,35,36)/t23-,24?,27?/m1/s1. The first kappa shape index (κ1) is 26.2. The van der Waals surface area contributed by atoms with Crippen molar-refractivity contribution >= 4 is 11.7 Å². The first-order valence-electron chi connectivity index (χ1n) is 13.2. The number of aliphatic carboxylic acids is 1. The highest BCUT2D eigenvalue weighted by atomic mass is 19.1. The van der Waals surface area contributed by atoms with E-state index in [-0.39, 0.29) is 23.7 Å². The lowest BCUT2D eigenvalue weighted by atomic mass is 9.90. The summed E-state index contributed by atoms with van der Waals surface area (Å²) < 4.78 is 21.1. The van der Waals surface area contributed by atoms with Gasteiger partial charge in [0.1, 0.15) is 11.6 Å². The Labute approximate surface area is 222 Å². The van der Waals surface area contributed by atoms with E-state index in [1.165, 1.54) is 0 Å². The van der Waals surface area contributed by atoms with Crippen LogP contribution in [-0.4, -0.2) is 33.4 Å². The minimum atomic E-state index is -0.776. The van der Waals surface area contributed by atoms with E-state index in [4.69, 9.17) is 4.74 Å². The zero-order chi connectivity index (χ0) is 27.2. The summed E-state index contributed by atoms with van der Waals surface area (Å²) in [6.45, 7) is 8.06. The van der Waals surface area contributed by atoms with Crippen molar-refractivity contribution in [3.8, 4) is 16.9 Å². The van der Waals surface area contributed by atoms with Crippen LogP contribution in [0.2, 0.25) is 0 Å². The fraction of sp³-hybridized carbons (Fsp3) is 0.419. The Balaban J connectivity index is 1.36. The van der Waals surface area contributed by atoms with Gasteiger partial charge in [-0.1, -0.05) is 6.07 Å². The van der Waals surface area contributed by atoms with E-state index in [9.17, 15) is 15.0 Å². The Bertz CT molecular complexity index is 1340. The fourth-order valence-corrected chi connectivity index (χ4v) is 5.65. The maximum absolute atomic E-state index is 15.2. The molecule has 2 unspecified atom stereocenters. The molecule has 0 spiro atoms. The zero-order valence-corrected chi connectivity index (χ0v) is 22.3. The number of anilines is 1. The molecule has 1 heterocycles. The average Bonchev–Trinajstić information content (AvgIpc) is 3.54. The predicted octanol–water partition coefficient (Wildman–Crippen LogP) is 6.33. The maximum Gasteiger partial charge on any atom is 0.307 e. The van der Waals surface area contributed by atoms with Crippen LogP contribution in [0.15, 0.2) is 42.6 Å². The number of fused-ring (bicyclic) bond motifs is 1. The van der Waals surface area contributed by atoms with E-state index in [0.29, 0.717) is 25.0 Å². The highest BCUT2D eigenvalue weighted by molar-refractivity contribution is 5.77. The highest BCUT2D eigenvalue weighted by Crippen LogP contribution is 2.47. The molecule has 0 amide bonds. The number of nitrogens with one attached hydrogen (secondary N) is 1. The van der Waals surface area contributed by atoms with Gasteiger partial charge in [-0.05, 0) is 105 Å². The third kappa shape index (κ3) is 5.39. The van der Waals surface area contributed by atoms with Crippen molar-refractivity contribution in [1.82, 2.24) is 4.98 Å². The number of nitrogens with zero attached hydrogens (tertiary/aromatic N) is 1. The summed E-state index contributed by atoms with van der Waals surface area (Å²) in [6, 6.07) is 11.1. The Morgan fingerprint density at radius 3 is 2.53 bits per heavy atom. The molecular weight excluding hydrogens is 483 g/mol. The normalized spacial score (nSPS) is 20.2. The molecule has 3 atom stereocenters. The lowest BCUT2D eigenvalue weighted by Gasteiger charge is -2.20. The molecule has 1 saturated carbocycles. The molecule has 7 heteroatoms. The molecule has 2 aliphatic carbocycles. The largest absolute Gasteiger partial charge is 0.493 e. The van der Waals surface area contributed by atoms with Gasteiger partial charge in [0, 0.05) is 23.6 Å². The average molecular weight is 519 g/mol. The second kappa shape index (κ2) is 10.0. The summed E-state index contributed by atoms with van der Waals surface area (Å²) in [5, 5.41) is 22.6. The SMILES string of the molecule is Cc1cc(OCCC(C)(C)O)cc(C)c1-c1ccc(F)c2c1CCC2Nc1ccc([C@@H]2CC2C(=O)O)nc1. The van der Waals surface area contributed by atoms with Gasteiger partial charge in [-0.3, -0.25) is 9.78 Å². The summed E-state index contributed by atoms with van der Waals surface area (Å²) in [5.74, 6) is -0.573. The van der Waals surface area contributed by atoms with Crippen LogP contribution in [0.4, 0.5) is 10.1 Å². The molecule has 200 valence electrons. The second-order valence-electron chi connectivity index (χ2n) is 11.3. The van der Waals surface area contributed by atoms with Gasteiger partial charge < -0.3 is 20.3 Å². The van der Waals surface area contributed by atoms with Crippen LogP contribution in [0, 0.1) is 25.6 Å². The molecule has 3 N–H and O–H groups in total. The van der Waals surface area contributed by atoms with Crippen molar-refractivity contribution in [2.75, 3.05) is 11.9 Å². The number of aryl methyl sites for hydroxylation is 2. The number of ether oxygens (including phenoxy) is 1. The molecule has 6 nitrogen and oxygen atoms in total. The first-order valence-corrected chi connectivity index (χ1v) is 13.2. The number of aromatic nitrogens is 1. The van der Waals surface area contributed by atoms with E-state index >= 15 is 4.39 Å². The van der Waals surface area contributed by atoms with E-state index in [1.54, 1.807) is 26.1 Å². The molecule has 0 radical (unpaired) electrons. The van der Waals surface area contributed by atoms with E-state index in [2.05, 4.69) is 10.3 Å². The number of hydrogen-bond acceptors (Lipinski definition) is 5. The third-order valence-corrected chi connectivity index (χ3v) is 7.71. The topological polar surface area (TPSA) is 91.7 Å². The maximum atomic E-state index is 15.2. The quantitative estimate of drug-likeness (QED) is 0.307. The first-order chi connectivity index (χ1) is 18.0. The molecule has 3 aromatic rings. The molecule has 5 rings (SSSR count). The van der Waals surface area contributed by atoms with E-state index in [0.717, 1.165) is 57.8 Å². The molecule has 38 heavy (non-hydrogen) atoms. The number of carboxylic acids is 1. The van der Waals surface area contributed by atoms with Gasteiger partial charge in [-0.2, -0.15) is 0 Å². The van der Waals surface area contributed by atoms with Crippen LogP contribution in [0.5, 0.6) is 5.75 Å². The van der Waals surface area contributed by atoms with Crippen LogP contribution in [-0.2, 0) is 11.2 Å². The summed E-state index contributed by atoms with van der Waals surface area (Å²) in [4.78, 5) is 15.6. The molecule has 2 aromatic carbocycles. The van der Waals surface area contributed by atoms with E-state index < -0.39 is 11.6 Å². The lowest BCUT2D eigenvalue weighted by molar-refractivity contribution is -0.138. The fourth-order valence-electron chi connectivity index (χ4n) is 5.65. The minimum Gasteiger partial charge on any atom is -0.493 e. The van der Waals surface area contributed by atoms with Crippen molar-refractivity contribution in [2.24, 2.45) is 5.92 Å². The summed E-state index contributed by atoms with van der Waals surface area (Å²) in [7, 11) is 0. The molecule has 1 fully saturated rings. The number of halogens is 1. The molecule has 0 aliphatic heterocycles. The molecule has 1 aromatic heterocycles. The number of carboxylic acid groups (broad SMARTS) is 1. The van der Waals surface area contributed by atoms with Gasteiger partial charge in [0.2, 0.25) is 0 Å². The lowest BCUT2D eigenvalue weighted by Crippen LogP contribution is -2.21. The predicted molar refractivity (Wildman–Crippen MR) is 145 cm³/mol. The van der Waals surface area contributed by atoms with Crippen LogP contribution in [0.1, 0.15) is 73.0 Å². The summed E-state index contributed by atoms with van der Waals surface area (Å²) in [6.07, 6.45) is 4.42. The van der Waals surface area contributed by atoms with Crippen LogP contribution in [0.3, 0.4) is 0 Å². The smallest absolute Gasteiger partial charge is 0.307 e. The highest BCUT2D eigenvalue weighted by Gasteiger charge is 2.45. The number of rotatable bonds is 9. The molecule has 0 saturated heterocycles. The Hall–Kier alpha value is -3.45. The van der Waals surface area contributed by atoms with Crippen molar-refractivity contribution < 1.29 is 24.1 Å². The van der Waals surface area contributed by atoms with Gasteiger partial charge in [-0.15, -0.1) is 0 Å². The van der Waals surface area contributed by atoms with Gasteiger partial charge in [0.15, 0.2) is 0 Å². The molecule has 0 bridgehead atoms. The number of pyridine rings is 1. The number of benzene rings is 2. The van der Waals surface area contributed by atoms with Crippen molar-refractivity contribution in [3.05, 3.63) is 76.4 Å². The zero-order valence-electron chi connectivity index (χ0n) is 22.3. The Kier molecular flexibility index (Phi) is 6.90. The third-order valence-electron chi connectivity index (χ3n) is 7.71. The van der Waals surface area contributed by atoms with Crippen molar-refractivity contribution in [3.63, 3.8) is 0 Å². The van der Waals surface area contributed by atoms with Crippen LogP contribution >= 0.6 is 0 Å². The summed E-state index contributed by atoms with van der Waals surface area (Å²) >= 11 is 0. The molecular formula is C31H35FN2O4. The van der Waals surface area contributed by atoms with E-state index in [1.807, 2.05) is 44.2 Å². The second-order valence-corrected chi connectivity index (χ2v) is 11.3. The monoisotopic (exact) mass is 518 g/mol. The van der Waals surface area contributed by atoms with Crippen molar-refractivity contribution in [2.45, 2.75) is 70.9 Å². The Morgan fingerprint density at radius 2 is 1.92 bits per heavy atom. The number of aliphatic hydroxyl groups is 1. The van der Waals surface area contributed by atoms with Gasteiger partial charge in [0.05, 0.1) is 36.1 Å². The van der Waals surface area contributed by atoms with Gasteiger partial charge >= 0.3 is 5.97 Å². The number of carbonyl (C=O) groups is 1. The van der Waals surface area contributed by atoms with Crippen LogP contribution in [0.25, 0.3) is 11.1 Å². The summed E-state index contributed by atoms with van der Waals surface area (Å²) in [5.41, 5.74) is 6.81. The molecule has 2 aliphatic rings. The van der Waals surface area contributed by atoms with Gasteiger partial charge in [0.25, 0.3) is 0 Å².